The van der Waals surface area contributed by atoms with E-state index in [1.54, 1.807) is 7.11 Å². The number of hydrogen-bond donors (Lipinski definition) is 1. The Labute approximate surface area is 95.8 Å². The molecule has 0 aliphatic carbocycles. The van der Waals surface area contributed by atoms with Gasteiger partial charge in [0.2, 0.25) is 0 Å². The molecule has 0 bridgehead atoms. The lowest BCUT2D eigenvalue weighted by Crippen LogP contribution is -2.40. The van der Waals surface area contributed by atoms with E-state index in [4.69, 9.17) is 4.74 Å². The molecule has 2 nitrogen and oxygen atoms in total. The first-order valence-electron chi connectivity index (χ1n) is 6.17. The summed E-state index contributed by atoms with van der Waals surface area (Å²) in [4.78, 5) is 0. The second-order valence-corrected chi connectivity index (χ2v) is 5.60. The van der Waals surface area contributed by atoms with Crippen molar-refractivity contribution in [1.29, 1.82) is 0 Å². The van der Waals surface area contributed by atoms with Crippen molar-refractivity contribution in [2.75, 3.05) is 13.7 Å². The van der Waals surface area contributed by atoms with Gasteiger partial charge in [0, 0.05) is 13.2 Å². The predicted octanol–water partition coefficient (Wildman–Crippen LogP) is 3.22. The van der Waals surface area contributed by atoms with Crippen molar-refractivity contribution in [3.8, 4) is 0 Å². The Morgan fingerprint density at radius 1 is 1.27 bits per heavy atom. The van der Waals surface area contributed by atoms with Gasteiger partial charge in [-0.25, -0.2) is 0 Å². The molecule has 15 heavy (non-hydrogen) atoms. The van der Waals surface area contributed by atoms with Crippen LogP contribution >= 0.6 is 0 Å². The van der Waals surface area contributed by atoms with E-state index in [2.05, 4.69) is 39.9 Å². The number of methoxy groups -OCH3 is 1. The maximum atomic E-state index is 5.41. The van der Waals surface area contributed by atoms with Gasteiger partial charge in [0.25, 0.3) is 0 Å². The van der Waals surface area contributed by atoms with Crippen LogP contribution in [-0.2, 0) is 4.74 Å². The van der Waals surface area contributed by atoms with E-state index in [1.165, 1.54) is 19.3 Å². The van der Waals surface area contributed by atoms with Crippen molar-refractivity contribution in [3.63, 3.8) is 0 Å². The molecule has 0 saturated carbocycles. The first-order chi connectivity index (χ1) is 6.90. The van der Waals surface area contributed by atoms with Gasteiger partial charge in [-0.1, -0.05) is 27.7 Å². The SMILES string of the molecule is CCCNC(CCC(C)(C)C)C(C)OC. The molecule has 2 unspecified atom stereocenters. The van der Waals surface area contributed by atoms with Gasteiger partial charge in [-0.2, -0.15) is 0 Å². The first-order valence-corrected chi connectivity index (χ1v) is 6.17. The average molecular weight is 215 g/mol. The summed E-state index contributed by atoms with van der Waals surface area (Å²) in [6.07, 6.45) is 3.92. The molecule has 0 aliphatic rings. The minimum Gasteiger partial charge on any atom is -0.380 e. The molecule has 0 spiro atoms. The Hall–Kier alpha value is -0.0800. The molecule has 0 saturated heterocycles. The molecule has 2 atom stereocenters. The summed E-state index contributed by atoms with van der Waals surface area (Å²) in [6, 6.07) is 0.495. The highest BCUT2D eigenvalue weighted by Gasteiger charge is 2.19. The zero-order valence-electron chi connectivity index (χ0n) is 11.4. The summed E-state index contributed by atoms with van der Waals surface area (Å²) in [6.45, 7) is 12.3. The van der Waals surface area contributed by atoms with Crippen LogP contribution in [0.3, 0.4) is 0 Å². The topological polar surface area (TPSA) is 21.3 Å². The zero-order chi connectivity index (χ0) is 11.9. The smallest absolute Gasteiger partial charge is 0.0696 e. The largest absolute Gasteiger partial charge is 0.380 e. The molecule has 0 aromatic carbocycles. The molecule has 0 amide bonds. The van der Waals surface area contributed by atoms with E-state index in [0.29, 0.717) is 17.6 Å². The minimum absolute atomic E-state index is 0.305. The third kappa shape index (κ3) is 7.80. The Morgan fingerprint density at radius 2 is 1.87 bits per heavy atom. The van der Waals surface area contributed by atoms with Gasteiger partial charge >= 0.3 is 0 Å². The summed E-state index contributed by atoms with van der Waals surface area (Å²) < 4.78 is 5.41. The van der Waals surface area contributed by atoms with Crippen LogP contribution in [0.2, 0.25) is 0 Å². The second-order valence-electron chi connectivity index (χ2n) is 5.60. The average Bonchev–Trinajstić information content (AvgIpc) is 2.15. The Kier molecular flexibility index (Phi) is 7.20. The van der Waals surface area contributed by atoms with Crippen molar-refractivity contribution >= 4 is 0 Å². The molecule has 0 aromatic heterocycles. The fraction of sp³-hybridized carbons (Fsp3) is 1.00. The molecular weight excluding hydrogens is 186 g/mol. The van der Waals surface area contributed by atoms with Gasteiger partial charge in [0.15, 0.2) is 0 Å². The lowest BCUT2D eigenvalue weighted by atomic mass is 9.87. The molecule has 2 heteroatoms. The van der Waals surface area contributed by atoms with E-state index in [1.807, 2.05) is 0 Å². The fourth-order valence-corrected chi connectivity index (χ4v) is 1.59. The predicted molar refractivity (Wildman–Crippen MR) is 67.2 cm³/mol. The highest BCUT2D eigenvalue weighted by Crippen LogP contribution is 2.22. The summed E-state index contributed by atoms with van der Waals surface area (Å²) in [5, 5.41) is 3.57. The Morgan fingerprint density at radius 3 is 2.27 bits per heavy atom. The van der Waals surface area contributed by atoms with Gasteiger partial charge < -0.3 is 10.1 Å². The lowest BCUT2D eigenvalue weighted by molar-refractivity contribution is 0.0757. The van der Waals surface area contributed by atoms with Crippen LogP contribution in [0, 0.1) is 5.41 Å². The Bertz CT molecular complexity index is 151. The molecule has 0 aliphatic heterocycles. The van der Waals surface area contributed by atoms with Crippen LogP contribution in [0.25, 0.3) is 0 Å². The van der Waals surface area contributed by atoms with Crippen molar-refractivity contribution in [3.05, 3.63) is 0 Å². The van der Waals surface area contributed by atoms with Crippen molar-refractivity contribution in [1.82, 2.24) is 5.32 Å². The summed E-state index contributed by atoms with van der Waals surface area (Å²) in [5.74, 6) is 0. The van der Waals surface area contributed by atoms with E-state index in [9.17, 15) is 0 Å². The summed E-state index contributed by atoms with van der Waals surface area (Å²) in [7, 11) is 1.79. The highest BCUT2D eigenvalue weighted by atomic mass is 16.5. The molecule has 0 rings (SSSR count). The van der Waals surface area contributed by atoms with E-state index >= 15 is 0 Å². The maximum absolute atomic E-state index is 5.41. The van der Waals surface area contributed by atoms with Crippen LogP contribution < -0.4 is 5.32 Å². The quantitative estimate of drug-likeness (QED) is 0.704. The van der Waals surface area contributed by atoms with Gasteiger partial charge in [0.1, 0.15) is 0 Å². The molecule has 0 fully saturated rings. The molecule has 92 valence electrons. The monoisotopic (exact) mass is 215 g/mol. The lowest BCUT2D eigenvalue weighted by Gasteiger charge is -2.27. The number of hydrogen-bond acceptors (Lipinski definition) is 2. The van der Waals surface area contributed by atoms with Gasteiger partial charge in [-0.15, -0.1) is 0 Å². The van der Waals surface area contributed by atoms with Gasteiger partial charge in [0.05, 0.1) is 6.10 Å². The van der Waals surface area contributed by atoms with Crippen LogP contribution in [0.15, 0.2) is 0 Å². The number of ether oxygens (including phenoxy) is 1. The minimum atomic E-state index is 0.305. The molecule has 1 N–H and O–H groups in total. The maximum Gasteiger partial charge on any atom is 0.0696 e. The summed E-state index contributed by atoms with van der Waals surface area (Å²) in [5.41, 5.74) is 0.416. The molecule has 0 heterocycles. The molecular formula is C13H29NO. The molecule has 0 aromatic rings. The zero-order valence-corrected chi connectivity index (χ0v) is 11.4. The van der Waals surface area contributed by atoms with Crippen LogP contribution in [0.4, 0.5) is 0 Å². The van der Waals surface area contributed by atoms with E-state index in [-0.39, 0.29) is 0 Å². The van der Waals surface area contributed by atoms with Gasteiger partial charge in [-0.3, -0.25) is 0 Å². The van der Waals surface area contributed by atoms with Gasteiger partial charge in [-0.05, 0) is 38.1 Å². The van der Waals surface area contributed by atoms with Crippen LogP contribution in [0.5, 0.6) is 0 Å². The number of rotatable bonds is 7. The third-order valence-corrected chi connectivity index (χ3v) is 2.80. The first kappa shape index (κ1) is 14.9. The fourth-order valence-electron chi connectivity index (χ4n) is 1.59. The normalized spacial score (nSPS) is 16.4. The highest BCUT2D eigenvalue weighted by molar-refractivity contribution is 4.76. The molecule has 0 radical (unpaired) electrons. The van der Waals surface area contributed by atoms with E-state index in [0.717, 1.165) is 6.54 Å². The summed E-state index contributed by atoms with van der Waals surface area (Å²) >= 11 is 0. The van der Waals surface area contributed by atoms with Crippen molar-refractivity contribution in [2.45, 2.75) is 66.0 Å². The third-order valence-electron chi connectivity index (χ3n) is 2.80. The second kappa shape index (κ2) is 7.24. The van der Waals surface area contributed by atoms with Crippen molar-refractivity contribution < 1.29 is 4.74 Å². The van der Waals surface area contributed by atoms with Crippen molar-refractivity contribution in [2.24, 2.45) is 5.41 Å². The number of nitrogens with one attached hydrogen (secondary N) is 1. The van der Waals surface area contributed by atoms with Crippen LogP contribution in [-0.4, -0.2) is 25.8 Å². The van der Waals surface area contributed by atoms with E-state index < -0.39 is 0 Å². The standard InChI is InChI=1S/C13H29NO/c1-7-10-14-12(11(2)15-6)8-9-13(3,4)5/h11-12,14H,7-10H2,1-6H3. The van der Waals surface area contributed by atoms with Crippen LogP contribution in [0.1, 0.15) is 53.9 Å². The Balaban J connectivity index is 4.01.